The van der Waals surface area contributed by atoms with Crippen LogP contribution in [0.5, 0.6) is 11.5 Å². The van der Waals surface area contributed by atoms with Crippen LogP contribution in [0.25, 0.3) is 5.69 Å². The number of aromatic nitrogens is 3. The van der Waals surface area contributed by atoms with Gasteiger partial charge in [0.05, 0.1) is 25.8 Å². The summed E-state index contributed by atoms with van der Waals surface area (Å²) in [5.74, 6) is 0.424. The minimum Gasteiger partial charge on any atom is -0.454 e. The third kappa shape index (κ3) is 3.77. The van der Waals surface area contributed by atoms with Crippen LogP contribution in [0.2, 0.25) is 20.1 Å². The van der Waals surface area contributed by atoms with Gasteiger partial charge in [-0.25, -0.2) is 23.5 Å². The summed E-state index contributed by atoms with van der Waals surface area (Å²) >= 11 is 24.1. The average Bonchev–Trinajstić information content (AvgIpc) is 2.59. The van der Waals surface area contributed by atoms with Gasteiger partial charge in [0.2, 0.25) is 0 Å². The second-order valence-corrected chi connectivity index (χ2v) is 6.95. The van der Waals surface area contributed by atoms with Crippen LogP contribution in [-0.4, -0.2) is 14.1 Å². The van der Waals surface area contributed by atoms with Crippen LogP contribution in [0.15, 0.2) is 44.7 Å². The van der Waals surface area contributed by atoms with Crippen LogP contribution in [0, 0.1) is 0 Å². The van der Waals surface area contributed by atoms with Crippen LogP contribution in [0.4, 0.5) is 0 Å². The van der Waals surface area contributed by atoms with Crippen LogP contribution in [0.1, 0.15) is 0 Å². The minimum atomic E-state index is -0.889. The van der Waals surface area contributed by atoms with Gasteiger partial charge in [0.25, 0.3) is 0 Å². The van der Waals surface area contributed by atoms with Crippen molar-refractivity contribution in [1.82, 2.24) is 14.1 Å². The number of halogens is 4. The molecule has 140 valence electrons. The summed E-state index contributed by atoms with van der Waals surface area (Å²) in [5, 5.41) is 0.820. The first-order valence-corrected chi connectivity index (χ1v) is 8.75. The van der Waals surface area contributed by atoms with Gasteiger partial charge < -0.3 is 4.74 Å². The minimum absolute atomic E-state index is 0.0924. The number of benzene rings is 2. The van der Waals surface area contributed by atoms with Crippen LogP contribution in [-0.2, 0) is 7.05 Å². The molecule has 27 heavy (non-hydrogen) atoms. The van der Waals surface area contributed by atoms with E-state index in [-0.39, 0.29) is 37.3 Å². The molecule has 0 aliphatic rings. The zero-order valence-corrected chi connectivity index (χ0v) is 16.4. The predicted octanol–water partition coefficient (Wildman–Crippen LogP) is 3.63. The van der Waals surface area contributed by atoms with Crippen molar-refractivity contribution in [3.8, 4) is 17.2 Å². The molecule has 7 nitrogen and oxygen atoms in total. The van der Waals surface area contributed by atoms with Crippen molar-refractivity contribution in [2.75, 3.05) is 0 Å². The van der Waals surface area contributed by atoms with Crippen molar-refractivity contribution in [3.05, 3.63) is 81.9 Å². The molecule has 1 N–H and O–H groups in total. The second-order valence-electron chi connectivity index (χ2n) is 5.33. The van der Waals surface area contributed by atoms with Crippen molar-refractivity contribution in [2.24, 2.45) is 7.05 Å². The van der Waals surface area contributed by atoms with Crippen molar-refractivity contribution < 1.29 is 4.74 Å². The van der Waals surface area contributed by atoms with E-state index in [9.17, 15) is 14.4 Å². The Balaban J connectivity index is 2.05. The maximum atomic E-state index is 12.2. The Kier molecular flexibility index (Phi) is 5.39. The van der Waals surface area contributed by atoms with Gasteiger partial charge in [-0.3, -0.25) is 4.98 Å². The number of nitrogens with one attached hydrogen (secondary N) is 1. The van der Waals surface area contributed by atoms with Gasteiger partial charge in [-0.1, -0.05) is 46.4 Å². The summed E-state index contributed by atoms with van der Waals surface area (Å²) in [5.41, 5.74) is -2.38. The Morgan fingerprint density at radius 2 is 1.44 bits per heavy atom. The average molecular weight is 449 g/mol. The molecular formula is C16H9Cl4N3O4. The molecule has 0 spiro atoms. The van der Waals surface area contributed by atoms with Gasteiger partial charge >= 0.3 is 17.1 Å². The maximum Gasteiger partial charge on any atom is 0.340 e. The lowest BCUT2D eigenvalue weighted by Crippen LogP contribution is -2.47. The van der Waals surface area contributed by atoms with Gasteiger partial charge in [0, 0.05) is 13.1 Å². The molecule has 3 rings (SSSR count). The summed E-state index contributed by atoms with van der Waals surface area (Å²) < 4.78 is 7.16. The normalized spacial score (nSPS) is 10.9. The lowest BCUT2D eigenvalue weighted by Gasteiger charge is -2.12. The molecule has 0 saturated carbocycles. The number of hydrogen-bond acceptors (Lipinski definition) is 4. The molecule has 0 radical (unpaired) electrons. The SMILES string of the molecule is Cn1c(=O)[nH]c(=O)n(-c2ccc(Oc3cc(Cl)c(Cl)cc3Cl)c(Cl)c2)c1=O. The monoisotopic (exact) mass is 447 g/mol. The van der Waals surface area contributed by atoms with E-state index in [1.165, 1.54) is 37.4 Å². The van der Waals surface area contributed by atoms with E-state index in [2.05, 4.69) is 0 Å². The standard InChI is InChI=1S/C16H9Cl4N3O4/c1-22-14(24)21-15(25)23(16(22)26)7-2-3-12(10(19)4-7)27-13-6-9(18)8(17)5-11(13)20/h2-6H,1H3,(H,21,24,25). The Bertz CT molecular complexity index is 1230. The lowest BCUT2D eigenvalue weighted by atomic mass is 10.3. The van der Waals surface area contributed by atoms with E-state index in [1.54, 1.807) is 0 Å². The van der Waals surface area contributed by atoms with E-state index >= 15 is 0 Å². The highest BCUT2D eigenvalue weighted by Gasteiger charge is 2.14. The van der Waals surface area contributed by atoms with E-state index in [1.807, 2.05) is 4.98 Å². The summed E-state index contributed by atoms with van der Waals surface area (Å²) in [6.07, 6.45) is 0. The Hall–Kier alpha value is -2.19. The highest BCUT2D eigenvalue weighted by atomic mass is 35.5. The molecule has 0 saturated heterocycles. The fourth-order valence-electron chi connectivity index (χ4n) is 2.20. The smallest absolute Gasteiger partial charge is 0.340 e. The van der Waals surface area contributed by atoms with Crippen molar-refractivity contribution in [2.45, 2.75) is 0 Å². The fourth-order valence-corrected chi connectivity index (χ4v) is 2.98. The van der Waals surface area contributed by atoms with Crippen LogP contribution < -0.4 is 21.8 Å². The zero-order chi connectivity index (χ0) is 19.9. The van der Waals surface area contributed by atoms with Gasteiger partial charge in [-0.2, -0.15) is 0 Å². The maximum absolute atomic E-state index is 12.2. The summed E-state index contributed by atoms with van der Waals surface area (Å²) in [4.78, 5) is 37.7. The molecule has 0 bridgehead atoms. The number of nitrogens with zero attached hydrogens (tertiary/aromatic N) is 2. The topological polar surface area (TPSA) is 86.1 Å². The van der Waals surface area contributed by atoms with Crippen molar-refractivity contribution in [3.63, 3.8) is 0 Å². The zero-order valence-electron chi connectivity index (χ0n) is 13.4. The number of ether oxygens (including phenoxy) is 1. The first-order valence-electron chi connectivity index (χ1n) is 7.23. The first kappa shape index (κ1) is 19.6. The molecule has 0 fully saturated rings. The Morgan fingerprint density at radius 1 is 0.815 bits per heavy atom. The molecule has 0 atom stereocenters. The third-order valence-corrected chi connectivity index (χ3v) is 4.88. The third-order valence-electron chi connectivity index (χ3n) is 3.57. The van der Waals surface area contributed by atoms with Crippen LogP contribution in [0.3, 0.4) is 0 Å². The number of hydrogen-bond donors (Lipinski definition) is 1. The molecular weight excluding hydrogens is 440 g/mol. The molecule has 3 aromatic rings. The van der Waals surface area contributed by atoms with E-state index in [4.69, 9.17) is 51.1 Å². The van der Waals surface area contributed by atoms with E-state index < -0.39 is 17.1 Å². The fraction of sp³-hybridized carbons (Fsp3) is 0.0625. The number of aromatic amines is 1. The summed E-state index contributed by atoms with van der Waals surface area (Å²) in [6.45, 7) is 0. The quantitative estimate of drug-likeness (QED) is 0.620. The molecule has 0 unspecified atom stereocenters. The molecule has 2 aromatic carbocycles. The first-order chi connectivity index (χ1) is 12.7. The predicted molar refractivity (Wildman–Crippen MR) is 104 cm³/mol. The summed E-state index contributed by atoms with van der Waals surface area (Å²) in [6, 6.07) is 7.05. The lowest BCUT2D eigenvalue weighted by molar-refractivity contribution is 0.483. The molecule has 1 aromatic heterocycles. The number of rotatable bonds is 3. The van der Waals surface area contributed by atoms with E-state index in [0.29, 0.717) is 0 Å². The molecule has 1 heterocycles. The molecule has 0 aliphatic carbocycles. The summed E-state index contributed by atoms with van der Waals surface area (Å²) in [7, 11) is 1.24. The van der Waals surface area contributed by atoms with Crippen molar-refractivity contribution in [1.29, 1.82) is 0 Å². The van der Waals surface area contributed by atoms with E-state index in [0.717, 1.165) is 9.13 Å². The van der Waals surface area contributed by atoms with Crippen molar-refractivity contribution >= 4 is 46.4 Å². The Labute approximate surface area is 171 Å². The highest BCUT2D eigenvalue weighted by Crippen LogP contribution is 2.38. The Morgan fingerprint density at radius 3 is 2.11 bits per heavy atom. The van der Waals surface area contributed by atoms with Gasteiger partial charge in [-0.15, -0.1) is 0 Å². The second kappa shape index (κ2) is 7.44. The van der Waals surface area contributed by atoms with Gasteiger partial charge in [0.1, 0.15) is 11.5 Å². The molecule has 11 heteroatoms. The highest BCUT2D eigenvalue weighted by molar-refractivity contribution is 6.43. The molecule has 0 amide bonds. The number of H-pyrrole nitrogens is 1. The van der Waals surface area contributed by atoms with Gasteiger partial charge in [-0.05, 0) is 24.3 Å². The van der Waals surface area contributed by atoms with Gasteiger partial charge in [0.15, 0.2) is 0 Å². The molecule has 0 aliphatic heterocycles. The largest absolute Gasteiger partial charge is 0.454 e. The van der Waals surface area contributed by atoms with Crippen LogP contribution >= 0.6 is 46.4 Å².